The fourth-order valence-corrected chi connectivity index (χ4v) is 4.66. The zero-order valence-electron chi connectivity index (χ0n) is 16.1. The zero-order chi connectivity index (χ0) is 20.0. The van der Waals surface area contributed by atoms with Gasteiger partial charge < -0.3 is 25.8 Å². The standard InChI is InChI=1S/C17H32ClFN6OS2/c18-13-10-16(27-25-17-23-12-24-28-17)14(19)11-15(13)22-7-2-1-4-20-5-3-6-21-8-9-26/h10,13-15,20-22,24,26H,1-9,11-12H2,(H,23,25)/t13-,14-,15?/m1/s1. The summed E-state index contributed by atoms with van der Waals surface area (Å²) in [6.07, 6.45) is 4.35. The molecule has 0 amide bonds. The quantitative estimate of drug-likeness (QED) is 0.133. The van der Waals surface area contributed by atoms with Crippen molar-refractivity contribution in [3.63, 3.8) is 0 Å². The number of alkyl halides is 2. The molecule has 28 heavy (non-hydrogen) atoms. The van der Waals surface area contributed by atoms with Crippen molar-refractivity contribution < 1.29 is 9.50 Å². The Hall–Kier alpha value is -0.0700. The third kappa shape index (κ3) is 9.62. The summed E-state index contributed by atoms with van der Waals surface area (Å²) in [6, 6.07) is -0.0357. The minimum Gasteiger partial charge on any atom is -0.395 e. The highest BCUT2D eigenvalue weighted by Gasteiger charge is 2.30. The van der Waals surface area contributed by atoms with Gasteiger partial charge in [0.2, 0.25) is 0 Å². The van der Waals surface area contributed by atoms with Crippen molar-refractivity contribution >= 4 is 40.7 Å². The van der Waals surface area contributed by atoms with E-state index in [9.17, 15) is 4.39 Å². The van der Waals surface area contributed by atoms with Crippen LogP contribution < -0.4 is 25.4 Å². The van der Waals surface area contributed by atoms with Crippen LogP contribution in [0.15, 0.2) is 16.0 Å². The number of amidine groups is 1. The van der Waals surface area contributed by atoms with E-state index in [4.69, 9.17) is 16.7 Å². The Labute approximate surface area is 180 Å². The van der Waals surface area contributed by atoms with Gasteiger partial charge >= 0.3 is 0 Å². The summed E-state index contributed by atoms with van der Waals surface area (Å²) in [6.45, 7) is 5.14. The van der Waals surface area contributed by atoms with Gasteiger partial charge in [0.05, 0.1) is 12.0 Å². The average Bonchev–Trinajstić information content (AvgIpc) is 3.21. The lowest BCUT2D eigenvalue weighted by Crippen LogP contribution is -2.42. The van der Waals surface area contributed by atoms with E-state index in [1.807, 2.05) is 6.08 Å². The molecular weight excluding hydrogens is 423 g/mol. The molecule has 0 bridgehead atoms. The van der Waals surface area contributed by atoms with Crippen LogP contribution in [0.5, 0.6) is 0 Å². The minimum absolute atomic E-state index is 0.0357. The Bertz CT molecular complexity index is 502. The zero-order valence-corrected chi connectivity index (χ0v) is 18.4. The van der Waals surface area contributed by atoms with Crippen molar-refractivity contribution in [2.24, 2.45) is 4.99 Å². The van der Waals surface area contributed by atoms with E-state index in [1.165, 1.54) is 23.9 Å². The summed E-state index contributed by atoms with van der Waals surface area (Å²) in [4.78, 5) is 4.83. The van der Waals surface area contributed by atoms with Crippen LogP contribution >= 0.6 is 35.5 Å². The third-order valence-corrected chi connectivity index (χ3v) is 6.55. The summed E-state index contributed by atoms with van der Waals surface area (Å²) in [5.41, 5.74) is 0. The number of allylic oxidation sites excluding steroid dienone is 1. The molecule has 162 valence electrons. The molecule has 0 saturated carbocycles. The van der Waals surface area contributed by atoms with Gasteiger partial charge in [-0.2, -0.15) is 0 Å². The van der Waals surface area contributed by atoms with E-state index >= 15 is 0 Å². The van der Waals surface area contributed by atoms with Gasteiger partial charge in [-0.25, -0.2) is 14.1 Å². The number of aliphatic hydroxyl groups is 1. The van der Waals surface area contributed by atoms with E-state index in [2.05, 4.69) is 30.4 Å². The monoisotopic (exact) mass is 454 g/mol. The first-order valence-corrected chi connectivity index (χ1v) is 11.9. The predicted molar refractivity (Wildman–Crippen MR) is 119 cm³/mol. The van der Waals surface area contributed by atoms with Gasteiger partial charge in [-0.05, 0) is 69.3 Å². The molecule has 0 fully saturated rings. The number of nitrogens with one attached hydrogen (secondary N) is 5. The van der Waals surface area contributed by atoms with Crippen molar-refractivity contribution in [2.45, 2.75) is 43.3 Å². The normalized spacial score (nSPS) is 24.9. The fourth-order valence-electron chi connectivity index (χ4n) is 2.86. The molecule has 0 aromatic carbocycles. The van der Waals surface area contributed by atoms with Gasteiger partial charge in [0.15, 0.2) is 5.17 Å². The van der Waals surface area contributed by atoms with Gasteiger partial charge in [-0.1, -0.05) is 6.08 Å². The van der Waals surface area contributed by atoms with Crippen LogP contribution in [0.4, 0.5) is 4.39 Å². The Balaban J connectivity index is 1.51. The fraction of sp³-hybridized carbons (Fsp3) is 0.824. The van der Waals surface area contributed by atoms with Crippen LogP contribution in [-0.2, 0) is 0 Å². The topological polar surface area (TPSA) is 92.7 Å². The van der Waals surface area contributed by atoms with Crippen molar-refractivity contribution in [1.29, 1.82) is 0 Å². The lowest BCUT2D eigenvalue weighted by Gasteiger charge is -2.29. The molecular formula is C17H32ClFN6OS2. The van der Waals surface area contributed by atoms with Crippen LogP contribution in [0.25, 0.3) is 0 Å². The lowest BCUT2D eigenvalue weighted by atomic mass is 9.99. The Morgan fingerprint density at radius 1 is 1.21 bits per heavy atom. The molecule has 0 saturated heterocycles. The summed E-state index contributed by atoms with van der Waals surface area (Å²) < 4.78 is 20.5. The van der Waals surface area contributed by atoms with Gasteiger partial charge in [0, 0.05) is 23.9 Å². The second-order valence-corrected chi connectivity index (χ2v) is 8.90. The Kier molecular flexibility index (Phi) is 12.8. The number of aliphatic hydroxyl groups excluding tert-OH is 1. The van der Waals surface area contributed by atoms with Crippen LogP contribution in [0.1, 0.15) is 25.7 Å². The highest BCUT2D eigenvalue weighted by Crippen LogP contribution is 2.31. The number of nitrogens with zero attached hydrogens (tertiary/aromatic N) is 1. The number of rotatable bonds is 14. The second-order valence-electron chi connectivity index (χ2n) is 6.63. The molecule has 1 heterocycles. The van der Waals surface area contributed by atoms with Gasteiger partial charge in [-0.3, -0.25) is 0 Å². The highest BCUT2D eigenvalue weighted by molar-refractivity contribution is 8.14. The summed E-state index contributed by atoms with van der Waals surface area (Å²) >= 11 is 9.12. The first-order valence-electron chi connectivity index (χ1n) is 9.83. The Morgan fingerprint density at radius 2 is 1.96 bits per heavy atom. The number of halogens is 2. The molecule has 1 aliphatic carbocycles. The van der Waals surface area contributed by atoms with Crippen molar-refractivity contribution in [2.75, 3.05) is 46.0 Å². The smallest absolute Gasteiger partial charge is 0.183 e. The molecule has 0 aromatic heterocycles. The van der Waals surface area contributed by atoms with Crippen LogP contribution in [-0.4, -0.2) is 73.9 Å². The van der Waals surface area contributed by atoms with E-state index in [0.29, 0.717) is 24.5 Å². The average molecular weight is 455 g/mol. The van der Waals surface area contributed by atoms with E-state index < -0.39 is 6.17 Å². The molecule has 3 atom stereocenters. The number of hydrogen-bond acceptors (Lipinski definition) is 9. The number of hydrogen-bond donors (Lipinski definition) is 6. The third-order valence-electron chi connectivity index (χ3n) is 4.37. The van der Waals surface area contributed by atoms with Gasteiger partial charge in [0.25, 0.3) is 0 Å². The largest absolute Gasteiger partial charge is 0.395 e. The molecule has 2 aliphatic rings. The maximum absolute atomic E-state index is 14.5. The van der Waals surface area contributed by atoms with Crippen LogP contribution in [0.3, 0.4) is 0 Å². The van der Waals surface area contributed by atoms with Crippen molar-refractivity contribution in [3.05, 3.63) is 11.0 Å². The first kappa shape index (κ1) is 24.2. The van der Waals surface area contributed by atoms with Crippen molar-refractivity contribution in [3.8, 4) is 0 Å². The maximum Gasteiger partial charge on any atom is 0.183 e. The molecule has 6 N–H and O–H groups in total. The SMILES string of the molecule is OCCNCCCNCCCCNC1C[C@@H](F)C(SNC2=NCNS2)=C[C@H]1Cl. The van der Waals surface area contributed by atoms with Crippen LogP contribution in [0.2, 0.25) is 0 Å². The summed E-state index contributed by atoms with van der Waals surface area (Å²) in [7, 11) is 0. The van der Waals surface area contributed by atoms with E-state index in [1.54, 1.807) is 0 Å². The molecule has 7 nitrogen and oxygen atoms in total. The van der Waals surface area contributed by atoms with Gasteiger partial charge in [-0.15, -0.1) is 11.6 Å². The van der Waals surface area contributed by atoms with Crippen LogP contribution in [0, 0.1) is 0 Å². The molecule has 2 rings (SSSR count). The maximum atomic E-state index is 14.5. The lowest BCUT2D eigenvalue weighted by molar-refractivity contribution is 0.292. The van der Waals surface area contributed by atoms with Gasteiger partial charge in [0.1, 0.15) is 12.8 Å². The molecule has 0 radical (unpaired) electrons. The predicted octanol–water partition coefficient (Wildman–Crippen LogP) is 1.32. The van der Waals surface area contributed by atoms with E-state index in [-0.39, 0.29) is 18.0 Å². The molecule has 11 heteroatoms. The number of unbranched alkanes of at least 4 members (excludes halogenated alkanes) is 1. The number of aliphatic imine (C=N–C) groups is 1. The second kappa shape index (κ2) is 14.8. The highest BCUT2D eigenvalue weighted by atomic mass is 35.5. The first-order chi connectivity index (χ1) is 13.7. The summed E-state index contributed by atoms with van der Waals surface area (Å²) in [5, 5.41) is 19.2. The summed E-state index contributed by atoms with van der Waals surface area (Å²) in [5.74, 6) is 0. The van der Waals surface area contributed by atoms with E-state index in [0.717, 1.165) is 50.6 Å². The molecule has 0 spiro atoms. The minimum atomic E-state index is -1.01. The molecule has 1 unspecified atom stereocenters. The Morgan fingerprint density at radius 3 is 2.71 bits per heavy atom. The molecule has 1 aliphatic heterocycles. The van der Waals surface area contributed by atoms with Crippen molar-refractivity contribution in [1.82, 2.24) is 25.4 Å². The molecule has 0 aromatic rings.